The van der Waals surface area contributed by atoms with Gasteiger partial charge in [-0.15, -0.1) is 0 Å². The molecule has 1 fully saturated rings. The fraction of sp³-hybridized carbons (Fsp3) is 0.769. The molecular weight excluding hydrogens is 300 g/mol. The van der Waals surface area contributed by atoms with E-state index in [2.05, 4.69) is 0 Å². The van der Waals surface area contributed by atoms with Crippen molar-refractivity contribution in [2.45, 2.75) is 51.5 Å². The zero-order valence-corrected chi connectivity index (χ0v) is 12.8. The monoisotopic (exact) mass is 320 g/mol. The number of carbonyl (C=O) groups is 3. The van der Waals surface area contributed by atoms with Gasteiger partial charge in [-0.25, -0.2) is 0 Å². The highest BCUT2D eigenvalue weighted by atomic mass is 16.7. The molecule has 1 aliphatic rings. The number of hydrogen-bond acceptors (Lipinski definition) is 9. The van der Waals surface area contributed by atoms with E-state index in [0.717, 1.165) is 13.8 Å². The van der Waals surface area contributed by atoms with Crippen LogP contribution in [0.2, 0.25) is 0 Å². The van der Waals surface area contributed by atoms with Crippen molar-refractivity contribution in [1.29, 1.82) is 0 Å². The number of hydrogen-bond donors (Lipinski definition) is 1. The Morgan fingerprint density at radius 1 is 1.00 bits per heavy atom. The lowest BCUT2D eigenvalue weighted by atomic mass is 9.98. The normalized spacial score (nSPS) is 31.2. The van der Waals surface area contributed by atoms with Crippen molar-refractivity contribution < 1.29 is 43.2 Å². The highest BCUT2D eigenvalue weighted by Gasteiger charge is 2.49. The summed E-state index contributed by atoms with van der Waals surface area (Å²) < 4.78 is 25.3. The van der Waals surface area contributed by atoms with Crippen LogP contribution in [0.15, 0.2) is 0 Å². The second-order valence-electron chi connectivity index (χ2n) is 4.72. The Kier molecular flexibility index (Phi) is 6.72. The van der Waals surface area contributed by atoms with Crippen LogP contribution in [0.25, 0.3) is 0 Å². The number of ether oxygens (including phenoxy) is 5. The first-order valence-corrected chi connectivity index (χ1v) is 6.60. The molecule has 0 bridgehead atoms. The number of rotatable bonds is 5. The van der Waals surface area contributed by atoms with Gasteiger partial charge >= 0.3 is 17.9 Å². The summed E-state index contributed by atoms with van der Waals surface area (Å²) in [6, 6.07) is 0. The number of aliphatic hydroxyl groups excluding tert-OH is 1. The molecule has 1 N–H and O–H groups in total. The Morgan fingerprint density at radius 3 is 2.00 bits per heavy atom. The van der Waals surface area contributed by atoms with Crippen molar-refractivity contribution in [3.8, 4) is 0 Å². The van der Waals surface area contributed by atoms with Gasteiger partial charge < -0.3 is 28.8 Å². The van der Waals surface area contributed by atoms with E-state index in [1.807, 2.05) is 0 Å². The third kappa shape index (κ3) is 4.93. The Balaban J connectivity index is 2.95. The molecule has 1 aliphatic heterocycles. The Labute approximate surface area is 127 Å². The lowest BCUT2D eigenvalue weighted by molar-refractivity contribution is -0.300. The van der Waals surface area contributed by atoms with Crippen LogP contribution < -0.4 is 0 Å². The number of carbonyl (C=O) groups excluding carboxylic acids is 3. The Hall–Kier alpha value is -1.71. The summed E-state index contributed by atoms with van der Waals surface area (Å²) >= 11 is 0. The molecule has 1 rings (SSSR count). The lowest BCUT2D eigenvalue weighted by Gasteiger charge is -2.42. The maximum absolute atomic E-state index is 11.2. The van der Waals surface area contributed by atoms with Crippen LogP contribution in [0.5, 0.6) is 0 Å². The largest absolute Gasteiger partial charge is 0.463 e. The molecule has 22 heavy (non-hydrogen) atoms. The van der Waals surface area contributed by atoms with E-state index in [1.54, 1.807) is 0 Å². The third-order valence-electron chi connectivity index (χ3n) is 2.91. The summed E-state index contributed by atoms with van der Waals surface area (Å²) in [5.74, 6) is -1.89. The van der Waals surface area contributed by atoms with E-state index >= 15 is 0 Å². The number of methoxy groups -OCH3 is 1. The van der Waals surface area contributed by atoms with Crippen LogP contribution in [-0.4, -0.2) is 67.4 Å². The van der Waals surface area contributed by atoms with Gasteiger partial charge in [-0.3, -0.25) is 14.4 Å². The highest BCUT2D eigenvalue weighted by Crippen LogP contribution is 2.27. The first-order chi connectivity index (χ1) is 10.3. The van der Waals surface area contributed by atoms with E-state index in [-0.39, 0.29) is 6.61 Å². The number of aliphatic hydroxyl groups is 1. The van der Waals surface area contributed by atoms with Crippen molar-refractivity contribution in [3.63, 3.8) is 0 Å². The van der Waals surface area contributed by atoms with Crippen LogP contribution in [0.3, 0.4) is 0 Å². The SMILES string of the molecule is CO[C@@H]1O[C@H](COC(C)=O)[C@H](O)[C@H](OC(C)=O)[C@@H]1OC(C)=O. The molecule has 0 spiro atoms. The van der Waals surface area contributed by atoms with Gasteiger partial charge in [0.1, 0.15) is 18.8 Å². The van der Waals surface area contributed by atoms with E-state index < -0.39 is 48.6 Å². The quantitative estimate of drug-likeness (QED) is 0.510. The van der Waals surface area contributed by atoms with Gasteiger partial charge in [0.2, 0.25) is 0 Å². The molecule has 0 amide bonds. The van der Waals surface area contributed by atoms with Gasteiger partial charge in [0.25, 0.3) is 0 Å². The molecule has 0 aromatic carbocycles. The van der Waals surface area contributed by atoms with Gasteiger partial charge in [-0.1, -0.05) is 0 Å². The second kappa shape index (κ2) is 8.06. The standard InChI is InChI=1S/C13H20O9/c1-6(14)19-5-9-10(17)11(20-7(2)15)12(21-8(3)16)13(18-4)22-9/h9-13,17H,5H2,1-4H3/t9-,10+,11+,12+,13-/m1/s1. The zero-order chi connectivity index (χ0) is 16.9. The van der Waals surface area contributed by atoms with Crippen molar-refractivity contribution >= 4 is 17.9 Å². The predicted molar refractivity (Wildman–Crippen MR) is 69.4 cm³/mol. The van der Waals surface area contributed by atoms with Crippen molar-refractivity contribution in [2.24, 2.45) is 0 Å². The van der Waals surface area contributed by atoms with Gasteiger partial charge in [-0.05, 0) is 0 Å². The summed E-state index contributed by atoms with van der Waals surface area (Å²) in [5, 5.41) is 10.2. The average molecular weight is 320 g/mol. The minimum Gasteiger partial charge on any atom is -0.463 e. The molecule has 1 saturated heterocycles. The van der Waals surface area contributed by atoms with Crippen LogP contribution in [-0.2, 0) is 38.1 Å². The minimum absolute atomic E-state index is 0.263. The van der Waals surface area contributed by atoms with E-state index in [0.29, 0.717) is 0 Å². The molecule has 9 nitrogen and oxygen atoms in total. The molecule has 0 aliphatic carbocycles. The van der Waals surface area contributed by atoms with Gasteiger partial charge in [-0.2, -0.15) is 0 Å². The Bertz CT molecular complexity index is 422. The van der Waals surface area contributed by atoms with Gasteiger partial charge in [0.05, 0.1) is 0 Å². The molecule has 1 heterocycles. The minimum atomic E-state index is -1.36. The lowest BCUT2D eigenvalue weighted by Crippen LogP contribution is -2.61. The molecule has 5 atom stereocenters. The summed E-state index contributed by atoms with van der Waals surface area (Å²) in [6.07, 6.45) is -5.79. The molecule has 0 unspecified atom stereocenters. The van der Waals surface area contributed by atoms with Crippen molar-refractivity contribution in [3.05, 3.63) is 0 Å². The van der Waals surface area contributed by atoms with Crippen molar-refractivity contribution in [2.75, 3.05) is 13.7 Å². The molecule has 0 radical (unpaired) electrons. The summed E-state index contributed by atoms with van der Waals surface area (Å²) in [6.45, 7) is 3.25. The van der Waals surface area contributed by atoms with E-state index in [1.165, 1.54) is 14.0 Å². The zero-order valence-electron chi connectivity index (χ0n) is 12.8. The smallest absolute Gasteiger partial charge is 0.303 e. The summed E-state index contributed by atoms with van der Waals surface area (Å²) in [5.41, 5.74) is 0. The Morgan fingerprint density at radius 2 is 1.55 bits per heavy atom. The fourth-order valence-electron chi connectivity index (χ4n) is 2.06. The van der Waals surface area contributed by atoms with Crippen LogP contribution >= 0.6 is 0 Å². The number of esters is 3. The van der Waals surface area contributed by atoms with Crippen molar-refractivity contribution in [1.82, 2.24) is 0 Å². The second-order valence-corrected chi connectivity index (χ2v) is 4.72. The fourth-order valence-corrected chi connectivity index (χ4v) is 2.06. The van der Waals surface area contributed by atoms with Gasteiger partial charge in [0, 0.05) is 27.9 Å². The van der Waals surface area contributed by atoms with E-state index in [4.69, 9.17) is 23.7 Å². The first-order valence-electron chi connectivity index (χ1n) is 6.60. The summed E-state index contributed by atoms with van der Waals surface area (Å²) in [4.78, 5) is 33.3. The van der Waals surface area contributed by atoms with E-state index in [9.17, 15) is 19.5 Å². The first kappa shape index (κ1) is 18.3. The average Bonchev–Trinajstić information content (AvgIpc) is 2.41. The molecular formula is C13H20O9. The summed E-state index contributed by atoms with van der Waals surface area (Å²) in [7, 11) is 1.30. The molecule has 0 aromatic rings. The van der Waals surface area contributed by atoms with Crippen LogP contribution in [0, 0.1) is 0 Å². The predicted octanol–water partition coefficient (Wildman–Crippen LogP) is -0.855. The molecule has 126 valence electrons. The molecule has 0 aromatic heterocycles. The van der Waals surface area contributed by atoms with Crippen LogP contribution in [0.1, 0.15) is 20.8 Å². The maximum atomic E-state index is 11.2. The van der Waals surface area contributed by atoms with Gasteiger partial charge in [0.15, 0.2) is 18.5 Å². The molecule has 9 heteroatoms. The van der Waals surface area contributed by atoms with Crippen LogP contribution in [0.4, 0.5) is 0 Å². The third-order valence-corrected chi connectivity index (χ3v) is 2.91. The molecule has 0 saturated carbocycles. The topological polar surface area (TPSA) is 118 Å². The maximum Gasteiger partial charge on any atom is 0.303 e. The highest BCUT2D eigenvalue weighted by molar-refractivity contribution is 5.67.